The van der Waals surface area contributed by atoms with E-state index in [1.807, 2.05) is 19.1 Å². The SMILES string of the molecule is Cc1ccc(C=C2Oc3c(ccc(O)c3O)C2=O)s1. The lowest BCUT2D eigenvalue weighted by Crippen LogP contribution is -1.97. The molecule has 2 aromatic rings. The number of aryl methyl sites for hydroxylation is 1. The van der Waals surface area contributed by atoms with E-state index >= 15 is 0 Å². The van der Waals surface area contributed by atoms with Gasteiger partial charge in [-0.25, -0.2) is 0 Å². The summed E-state index contributed by atoms with van der Waals surface area (Å²) in [5.41, 5.74) is 0.259. The molecule has 19 heavy (non-hydrogen) atoms. The summed E-state index contributed by atoms with van der Waals surface area (Å²) in [6.45, 7) is 1.97. The Balaban J connectivity index is 2.04. The van der Waals surface area contributed by atoms with Gasteiger partial charge in [-0.3, -0.25) is 4.79 Å². The molecule has 0 aliphatic carbocycles. The van der Waals surface area contributed by atoms with Gasteiger partial charge in [-0.15, -0.1) is 11.3 Å². The van der Waals surface area contributed by atoms with E-state index in [-0.39, 0.29) is 28.6 Å². The van der Waals surface area contributed by atoms with Crippen LogP contribution in [0.5, 0.6) is 17.2 Å². The van der Waals surface area contributed by atoms with Crippen LogP contribution in [0, 0.1) is 6.92 Å². The van der Waals surface area contributed by atoms with Crippen molar-refractivity contribution in [1.29, 1.82) is 0 Å². The first-order valence-electron chi connectivity index (χ1n) is 5.62. The van der Waals surface area contributed by atoms with Gasteiger partial charge in [0, 0.05) is 15.8 Å². The first-order chi connectivity index (χ1) is 9.06. The molecule has 0 atom stereocenters. The van der Waals surface area contributed by atoms with Crippen molar-refractivity contribution in [3.63, 3.8) is 0 Å². The van der Waals surface area contributed by atoms with E-state index in [0.29, 0.717) is 0 Å². The minimum Gasteiger partial charge on any atom is -0.504 e. The molecular formula is C14H10O4S. The molecule has 1 aromatic carbocycles. The first-order valence-corrected chi connectivity index (χ1v) is 6.43. The number of carbonyl (C=O) groups is 1. The Kier molecular flexibility index (Phi) is 2.57. The number of aromatic hydroxyl groups is 2. The highest BCUT2D eigenvalue weighted by molar-refractivity contribution is 7.12. The fourth-order valence-corrected chi connectivity index (χ4v) is 2.70. The maximum Gasteiger partial charge on any atom is 0.232 e. The van der Waals surface area contributed by atoms with Crippen molar-refractivity contribution in [2.24, 2.45) is 0 Å². The zero-order valence-electron chi connectivity index (χ0n) is 10.0. The fourth-order valence-electron chi connectivity index (χ4n) is 1.89. The molecule has 1 aliphatic rings. The number of rotatable bonds is 1. The summed E-state index contributed by atoms with van der Waals surface area (Å²) in [6, 6.07) is 6.55. The predicted molar refractivity (Wildman–Crippen MR) is 71.8 cm³/mol. The third-order valence-electron chi connectivity index (χ3n) is 2.83. The van der Waals surface area contributed by atoms with Crippen LogP contribution in [0.25, 0.3) is 6.08 Å². The number of thiophene rings is 1. The zero-order chi connectivity index (χ0) is 13.6. The summed E-state index contributed by atoms with van der Waals surface area (Å²) in [5, 5.41) is 19.1. The number of phenolic OH excluding ortho intramolecular Hbond substituents is 2. The molecule has 0 bridgehead atoms. The molecule has 0 amide bonds. The number of Topliss-reactive ketones (excluding diaryl/α,β-unsaturated/α-hetero) is 1. The number of hydrogen-bond donors (Lipinski definition) is 2. The molecule has 3 rings (SSSR count). The normalized spacial score (nSPS) is 15.6. The van der Waals surface area contributed by atoms with Crippen molar-refractivity contribution in [1.82, 2.24) is 0 Å². The molecule has 0 saturated heterocycles. The second-order valence-corrected chi connectivity index (χ2v) is 5.52. The summed E-state index contributed by atoms with van der Waals surface area (Å²) in [4.78, 5) is 14.1. The molecule has 0 radical (unpaired) electrons. The van der Waals surface area contributed by atoms with Crippen LogP contribution in [-0.2, 0) is 0 Å². The number of hydrogen-bond acceptors (Lipinski definition) is 5. The van der Waals surface area contributed by atoms with Gasteiger partial charge in [0.15, 0.2) is 17.3 Å². The highest BCUT2D eigenvalue weighted by atomic mass is 32.1. The molecule has 0 unspecified atom stereocenters. The van der Waals surface area contributed by atoms with E-state index in [9.17, 15) is 15.0 Å². The minimum absolute atomic E-state index is 0.0181. The van der Waals surface area contributed by atoms with E-state index in [4.69, 9.17) is 4.74 Å². The summed E-state index contributed by atoms with van der Waals surface area (Å²) in [7, 11) is 0. The van der Waals surface area contributed by atoms with Crippen molar-refractivity contribution in [3.05, 3.63) is 45.3 Å². The van der Waals surface area contributed by atoms with Crippen LogP contribution in [0.15, 0.2) is 30.0 Å². The summed E-state index contributed by atoms with van der Waals surface area (Å²) in [6.07, 6.45) is 1.64. The molecule has 1 aliphatic heterocycles. The van der Waals surface area contributed by atoms with Gasteiger partial charge in [-0.05, 0) is 31.2 Å². The second kappa shape index (κ2) is 4.13. The number of ether oxygens (including phenoxy) is 1. The van der Waals surface area contributed by atoms with Crippen molar-refractivity contribution in [2.75, 3.05) is 0 Å². The summed E-state index contributed by atoms with van der Waals surface area (Å²) >= 11 is 1.54. The maximum atomic E-state index is 12.1. The fraction of sp³-hybridized carbons (Fsp3) is 0.0714. The van der Waals surface area contributed by atoms with Crippen molar-refractivity contribution in [2.45, 2.75) is 6.92 Å². The minimum atomic E-state index is -0.406. The standard InChI is InChI=1S/C14H10O4S/c1-7-2-3-8(19-7)6-11-12(16)9-4-5-10(15)13(17)14(9)18-11/h2-6,15,17H,1H3. The van der Waals surface area contributed by atoms with Gasteiger partial charge in [0.05, 0.1) is 5.56 Å². The molecule has 1 aromatic heterocycles. The highest BCUT2D eigenvalue weighted by Crippen LogP contribution is 2.44. The van der Waals surface area contributed by atoms with E-state index in [1.165, 1.54) is 12.1 Å². The monoisotopic (exact) mass is 274 g/mol. The average molecular weight is 274 g/mol. The smallest absolute Gasteiger partial charge is 0.232 e. The predicted octanol–water partition coefficient (Wildman–Crippen LogP) is 3.08. The Morgan fingerprint density at radius 1 is 1.21 bits per heavy atom. The average Bonchev–Trinajstić information content (AvgIpc) is 2.91. The Hall–Kier alpha value is -2.27. The number of ketones is 1. The van der Waals surface area contributed by atoms with Gasteiger partial charge in [-0.1, -0.05) is 0 Å². The molecular weight excluding hydrogens is 264 g/mol. The first kappa shape index (κ1) is 11.8. The topological polar surface area (TPSA) is 66.8 Å². The van der Waals surface area contributed by atoms with Crippen LogP contribution in [0.2, 0.25) is 0 Å². The van der Waals surface area contributed by atoms with E-state index in [2.05, 4.69) is 0 Å². The van der Waals surface area contributed by atoms with Crippen LogP contribution in [0.1, 0.15) is 20.1 Å². The van der Waals surface area contributed by atoms with Crippen LogP contribution >= 0.6 is 11.3 Å². The van der Waals surface area contributed by atoms with E-state index in [1.54, 1.807) is 17.4 Å². The van der Waals surface area contributed by atoms with Crippen LogP contribution < -0.4 is 4.74 Å². The molecule has 0 fully saturated rings. The third-order valence-corrected chi connectivity index (χ3v) is 3.77. The molecule has 4 nitrogen and oxygen atoms in total. The second-order valence-electron chi connectivity index (χ2n) is 4.20. The Morgan fingerprint density at radius 2 is 2.00 bits per heavy atom. The van der Waals surface area contributed by atoms with Crippen LogP contribution in [0.3, 0.4) is 0 Å². The van der Waals surface area contributed by atoms with Gasteiger partial charge in [-0.2, -0.15) is 0 Å². The molecule has 2 N–H and O–H groups in total. The quantitative estimate of drug-likeness (QED) is 0.619. The summed E-state index contributed by atoms with van der Waals surface area (Å²) in [5.74, 6) is -0.838. The Labute approximate surface area is 113 Å². The maximum absolute atomic E-state index is 12.1. The number of allylic oxidation sites excluding steroid dienone is 1. The van der Waals surface area contributed by atoms with Crippen LogP contribution in [-0.4, -0.2) is 16.0 Å². The number of phenols is 2. The van der Waals surface area contributed by atoms with Crippen LogP contribution in [0.4, 0.5) is 0 Å². The number of fused-ring (bicyclic) bond motifs is 1. The lowest BCUT2D eigenvalue weighted by atomic mass is 10.1. The third kappa shape index (κ3) is 1.88. The molecule has 5 heteroatoms. The summed E-state index contributed by atoms with van der Waals surface area (Å²) < 4.78 is 5.35. The Morgan fingerprint density at radius 3 is 2.68 bits per heavy atom. The molecule has 96 valence electrons. The lowest BCUT2D eigenvalue weighted by molar-refractivity contribution is 0.101. The Bertz CT molecular complexity index is 712. The number of benzene rings is 1. The van der Waals surface area contributed by atoms with Crippen molar-refractivity contribution < 1.29 is 19.7 Å². The van der Waals surface area contributed by atoms with E-state index in [0.717, 1.165) is 9.75 Å². The molecule has 2 heterocycles. The van der Waals surface area contributed by atoms with Gasteiger partial charge in [0.1, 0.15) is 0 Å². The van der Waals surface area contributed by atoms with E-state index < -0.39 is 5.75 Å². The lowest BCUT2D eigenvalue weighted by Gasteiger charge is -2.02. The van der Waals surface area contributed by atoms with Gasteiger partial charge in [0.2, 0.25) is 11.5 Å². The van der Waals surface area contributed by atoms with Gasteiger partial charge in [0.25, 0.3) is 0 Å². The largest absolute Gasteiger partial charge is 0.504 e. The van der Waals surface area contributed by atoms with Gasteiger partial charge >= 0.3 is 0 Å². The molecule has 0 saturated carbocycles. The highest BCUT2D eigenvalue weighted by Gasteiger charge is 2.31. The zero-order valence-corrected chi connectivity index (χ0v) is 10.8. The van der Waals surface area contributed by atoms with Crippen molar-refractivity contribution in [3.8, 4) is 17.2 Å². The van der Waals surface area contributed by atoms with Crippen molar-refractivity contribution >= 4 is 23.2 Å². The number of carbonyl (C=O) groups excluding carboxylic acids is 1. The molecule has 0 spiro atoms. The van der Waals surface area contributed by atoms with Gasteiger partial charge < -0.3 is 14.9 Å².